The Morgan fingerprint density at radius 1 is 0.387 bits per heavy atom. The summed E-state index contributed by atoms with van der Waals surface area (Å²) in [5, 5.41) is 0. The molecule has 13 heteroatoms. The maximum atomic E-state index is 10.3. The van der Waals surface area contributed by atoms with E-state index in [0.717, 1.165) is 0 Å². The molecular formula is C18H15AuO9S3. The molecule has 9 nitrogen and oxygen atoms in total. The first-order chi connectivity index (χ1) is 13.8. The molecule has 31 heavy (non-hydrogen) atoms. The van der Waals surface area contributed by atoms with Crippen molar-refractivity contribution in [2.75, 3.05) is 0 Å². The van der Waals surface area contributed by atoms with E-state index >= 15 is 0 Å². The van der Waals surface area contributed by atoms with Crippen molar-refractivity contribution in [3.63, 3.8) is 0 Å². The van der Waals surface area contributed by atoms with Gasteiger partial charge in [0.25, 0.3) is 0 Å². The third kappa shape index (κ3) is 11.9. The number of hydrogen-bond acceptors (Lipinski definition) is 9. The molecule has 0 amide bonds. The summed E-state index contributed by atoms with van der Waals surface area (Å²) in [6.07, 6.45) is 0. The molecule has 0 aromatic heterocycles. The number of rotatable bonds is 3. The van der Waals surface area contributed by atoms with Crippen molar-refractivity contribution < 1.29 is 61.3 Å². The number of benzene rings is 3. The van der Waals surface area contributed by atoms with E-state index in [1.807, 2.05) is 0 Å². The fourth-order valence-electron chi connectivity index (χ4n) is 1.76. The molecule has 3 rings (SSSR count). The molecule has 3 aromatic carbocycles. The third-order valence-corrected chi connectivity index (χ3v) is 5.64. The molecular weight excluding hydrogens is 653 g/mol. The van der Waals surface area contributed by atoms with Gasteiger partial charge in [0.1, 0.15) is 30.4 Å². The van der Waals surface area contributed by atoms with E-state index in [0.29, 0.717) is 0 Å². The molecule has 0 N–H and O–H groups in total. The quantitative estimate of drug-likeness (QED) is 0.298. The van der Waals surface area contributed by atoms with Crippen LogP contribution in [0.25, 0.3) is 0 Å². The summed E-state index contributed by atoms with van der Waals surface area (Å²) in [5.41, 5.74) is 0. The Morgan fingerprint density at radius 3 is 0.645 bits per heavy atom. The second-order valence-corrected chi connectivity index (χ2v) is 9.44. The zero-order valence-corrected chi connectivity index (χ0v) is 20.0. The SMILES string of the molecule is O=S(=O)([O-])c1ccccc1.O=S(=O)([O-])c1ccccc1.O=S(=O)([O-])c1ccccc1.[Au+3]. The molecule has 0 saturated heterocycles. The molecule has 0 saturated carbocycles. The average Bonchev–Trinajstić information content (AvgIpc) is 2.69. The van der Waals surface area contributed by atoms with Crippen LogP contribution in [0.5, 0.6) is 0 Å². The Bertz CT molecular complexity index is 1070. The Labute approximate surface area is 196 Å². The van der Waals surface area contributed by atoms with Crippen molar-refractivity contribution in [1.82, 2.24) is 0 Å². The normalized spacial score (nSPS) is 10.9. The van der Waals surface area contributed by atoms with Gasteiger partial charge in [0.15, 0.2) is 0 Å². The standard InChI is InChI=1S/3C6H6O3S.Au/c3*7-10(8,9)6-4-2-1-3-5-6;/h3*1-5H,(H,7,8,9);/q;;;+3/p-3. The van der Waals surface area contributed by atoms with Gasteiger partial charge in [-0.3, -0.25) is 0 Å². The van der Waals surface area contributed by atoms with Gasteiger partial charge in [0, 0.05) is 0 Å². The van der Waals surface area contributed by atoms with Gasteiger partial charge in [-0.25, -0.2) is 25.3 Å². The Morgan fingerprint density at radius 2 is 0.548 bits per heavy atom. The van der Waals surface area contributed by atoms with Gasteiger partial charge in [-0.1, -0.05) is 54.6 Å². The van der Waals surface area contributed by atoms with E-state index in [-0.39, 0.29) is 37.1 Å². The van der Waals surface area contributed by atoms with Crippen LogP contribution in [-0.4, -0.2) is 38.9 Å². The second kappa shape index (κ2) is 12.9. The summed E-state index contributed by atoms with van der Waals surface area (Å²) >= 11 is 0. The molecule has 0 bridgehead atoms. The van der Waals surface area contributed by atoms with Crippen LogP contribution < -0.4 is 0 Å². The van der Waals surface area contributed by atoms with Crippen molar-refractivity contribution in [2.45, 2.75) is 14.7 Å². The van der Waals surface area contributed by atoms with Crippen LogP contribution in [0.4, 0.5) is 0 Å². The van der Waals surface area contributed by atoms with Crippen LogP contribution in [0.3, 0.4) is 0 Å². The first-order valence-corrected chi connectivity index (χ1v) is 12.1. The fourth-order valence-corrected chi connectivity index (χ4v) is 3.23. The molecule has 0 atom stereocenters. The molecule has 0 heterocycles. The Kier molecular flexibility index (Phi) is 12.1. The second-order valence-electron chi connectivity index (χ2n) is 5.30. The molecule has 3 aromatic rings. The van der Waals surface area contributed by atoms with Crippen LogP contribution >= 0.6 is 0 Å². The summed E-state index contributed by atoms with van der Waals surface area (Å²) < 4.78 is 92.5. The van der Waals surface area contributed by atoms with Gasteiger partial charge >= 0.3 is 22.4 Å². The van der Waals surface area contributed by atoms with Crippen LogP contribution in [0.1, 0.15) is 0 Å². The van der Waals surface area contributed by atoms with E-state index in [2.05, 4.69) is 0 Å². The average molecular weight is 668 g/mol. The van der Waals surface area contributed by atoms with Crippen molar-refractivity contribution in [2.24, 2.45) is 0 Å². The molecule has 0 aliphatic rings. The molecule has 0 unspecified atom stereocenters. The first kappa shape index (κ1) is 29.1. The smallest absolute Gasteiger partial charge is 0.744 e. The minimum absolute atomic E-state index is 0. The van der Waals surface area contributed by atoms with Gasteiger partial charge in [0.05, 0.1) is 14.7 Å². The zero-order valence-electron chi connectivity index (χ0n) is 15.4. The van der Waals surface area contributed by atoms with Crippen LogP contribution in [0.2, 0.25) is 0 Å². The van der Waals surface area contributed by atoms with Gasteiger partial charge in [-0.15, -0.1) is 0 Å². The van der Waals surface area contributed by atoms with Gasteiger partial charge < -0.3 is 13.7 Å². The minimum atomic E-state index is -4.25. The molecule has 0 spiro atoms. The first-order valence-electron chi connectivity index (χ1n) is 7.84. The number of hydrogen-bond donors (Lipinski definition) is 0. The molecule has 0 radical (unpaired) electrons. The van der Waals surface area contributed by atoms with Crippen molar-refractivity contribution in [3.8, 4) is 0 Å². The Balaban J connectivity index is 0.000000429. The predicted molar refractivity (Wildman–Crippen MR) is 103 cm³/mol. The predicted octanol–water partition coefficient (Wildman–Crippen LogP) is 1.77. The van der Waals surface area contributed by atoms with E-state index in [9.17, 15) is 38.9 Å². The summed E-state index contributed by atoms with van der Waals surface area (Å²) in [6, 6.07) is 21.6. The maximum Gasteiger partial charge on any atom is 3.00 e. The molecule has 0 fully saturated rings. The molecule has 170 valence electrons. The monoisotopic (exact) mass is 668 g/mol. The summed E-state index contributed by atoms with van der Waals surface area (Å²) in [5.74, 6) is 0. The van der Waals surface area contributed by atoms with Crippen LogP contribution in [-0.2, 0) is 52.7 Å². The van der Waals surface area contributed by atoms with Crippen molar-refractivity contribution >= 4 is 30.4 Å². The van der Waals surface area contributed by atoms with Gasteiger partial charge in [0.2, 0.25) is 0 Å². The third-order valence-electron chi connectivity index (χ3n) is 3.10. The van der Waals surface area contributed by atoms with E-state index < -0.39 is 30.4 Å². The fraction of sp³-hybridized carbons (Fsp3) is 0. The summed E-state index contributed by atoms with van der Waals surface area (Å²) in [4.78, 5) is -0.556. The Hall–Kier alpha value is -1.87. The van der Waals surface area contributed by atoms with Gasteiger partial charge in [-0.2, -0.15) is 0 Å². The van der Waals surface area contributed by atoms with E-state index in [4.69, 9.17) is 0 Å². The zero-order chi connectivity index (χ0) is 22.8. The van der Waals surface area contributed by atoms with E-state index in [1.54, 1.807) is 18.2 Å². The van der Waals surface area contributed by atoms with Crippen LogP contribution in [0, 0.1) is 0 Å². The summed E-state index contributed by atoms with van der Waals surface area (Å²) in [6.45, 7) is 0. The topological polar surface area (TPSA) is 172 Å². The largest absolute Gasteiger partial charge is 3.00 e. The van der Waals surface area contributed by atoms with Crippen molar-refractivity contribution in [1.29, 1.82) is 0 Å². The van der Waals surface area contributed by atoms with E-state index in [1.165, 1.54) is 72.8 Å². The molecule has 0 aliphatic heterocycles. The van der Waals surface area contributed by atoms with Gasteiger partial charge in [-0.05, 0) is 36.4 Å². The van der Waals surface area contributed by atoms with Crippen molar-refractivity contribution in [3.05, 3.63) is 91.0 Å². The minimum Gasteiger partial charge on any atom is -0.744 e. The maximum absolute atomic E-state index is 10.3. The summed E-state index contributed by atoms with van der Waals surface area (Å²) in [7, 11) is -12.8. The van der Waals surface area contributed by atoms with Crippen LogP contribution in [0.15, 0.2) is 106 Å². The molecule has 0 aliphatic carbocycles.